The highest BCUT2D eigenvalue weighted by molar-refractivity contribution is 5.89. The van der Waals surface area contributed by atoms with Crippen LogP contribution in [-0.4, -0.2) is 9.55 Å². The molecule has 126 valence electrons. The molecule has 0 aliphatic heterocycles. The zero-order chi connectivity index (χ0) is 17.5. The highest BCUT2D eigenvalue weighted by atomic mass is 19.4. The maximum atomic E-state index is 13.0. The van der Waals surface area contributed by atoms with E-state index in [9.17, 15) is 13.2 Å². The lowest BCUT2D eigenvalue weighted by Crippen LogP contribution is -2.07. The second kappa shape index (κ2) is 5.85. The number of rotatable bonds is 3. The zero-order valence-corrected chi connectivity index (χ0v) is 13.5. The van der Waals surface area contributed by atoms with Crippen molar-refractivity contribution in [2.75, 3.05) is 5.73 Å². The minimum absolute atomic E-state index is 0.101. The van der Waals surface area contributed by atoms with E-state index in [-0.39, 0.29) is 11.2 Å². The van der Waals surface area contributed by atoms with Gasteiger partial charge in [0.15, 0.2) is 0 Å². The Balaban J connectivity index is 2.11. The number of fused-ring (bicyclic) bond motifs is 1. The van der Waals surface area contributed by atoms with Gasteiger partial charge in [0.2, 0.25) is 0 Å². The van der Waals surface area contributed by atoms with Crippen molar-refractivity contribution in [3.8, 4) is 0 Å². The van der Waals surface area contributed by atoms with Gasteiger partial charge in [0.25, 0.3) is 0 Å². The number of nitrogen functional groups attached to an aromatic ring is 1. The molecule has 0 radical (unpaired) electrons. The van der Waals surface area contributed by atoms with Gasteiger partial charge in [-0.05, 0) is 31.5 Å². The van der Waals surface area contributed by atoms with E-state index in [2.05, 4.69) is 4.98 Å². The Hall–Kier alpha value is -2.50. The Morgan fingerprint density at radius 1 is 1.12 bits per heavy atom. The third-order valence-electron chi connectivity index (χ3n) is 4.08. The van der Waals surface area contributed by atoms with Crippen LogP contribution in [0.1, 0.15) is 29.4 Å². The van der Waals surface area contributed by atoms with Crippen molar-refractivity contribution in [3.63, 3.8) is 0 Å². The molecular formula is C18H18F3N3. The molecule has 0 aliphatic rings. The molecule has 3 nitrogen and oxygen atoms in total. The largest absolute Gasteiger partial charge is 0.416 e. The predicted octanol–water partition coefficient (Wildman–Crippen LogP) is 4.56. The summed E-state index contributed by atoms with van der Waals surface area (Å²) in [6.45, 7) is 4.52. The summed E-state index contributed by atoms with van der Waals surface area (Å²) in [4.78, 5) is 4.42. The number of benzene rings is 2. The molecule has 2 N–H and O–H groups in total. The van der Waals surface area contributed by atoms with Gasteiger partial charge >= 0.3 is 6.18 Å². The van der Waals surface area contributed by atoms with Crippen LogP contribution < -0.4 is 5.73 Å². The van der Waals surface area contributed by atoms with Crippen molar-refractivity contribution in [2.24, 2.45) is 0 Å². The molecule has 2 aromatic carbocycles. The first kappa shape index (κ1) is 16.4. The highest BCUT2D eigenvalue weighted by Gasteiger charge is 2.32. The number of halogens is 3. The number of nitrogens with zero attached hydrogens (tertiary/aromatic N) is 2. The molecule has 0 saturated heterocycles. The zero-order valence-electron chi connectivity index (χ0n) is 13.5. The van der Waals surface area contributed by atoms with Gasteiger partial charge in [-0.15, -0.1) is 0 Å². The maximum Gasteiger partial charge on any atom is 0.416 e. The van der Waals surface area contributed by atoms with Crippen LogP contribution in [-0.2, 0) is 19.1 Å². The van der Waals surface area contributed by atoms with Crippen LogP contribution in [0.25, 0.3) is 11.0 Å². The van der Waals surface area contributed by atoms with Crippen LogP contribution in [0.2, 0.25) is 0 Å². The molecule has 0 fully saturated rings. The predicted molar refractivity (Wildman–Crippen MR) is 88.8 cm³/mol. The summed E-state index contributed by atoms with van der Waals surface area (Å²) < 4.78 is 40.8. The van der Waals surface area contributed by atoms with Gasteiger partial charge in [0.05, 0.1) is 22.3 Å². The SMILES string of the molecule is CCn1c(Cc2ccc(C)cc2)nc2cc(C(F)(F)F)cc(N)c21. The molecule has 3 aromatic rings. The lowest BCUT2D eigenvalue weighted by Gasteiger charge is -2.10. The van der Waals surface area contributed by atoms with Gasteiger partial charge in [-0.1, -0.05) is 29.8 Å². The molecule has 0 saturated carbocycles. The summed E-state index contributed by atoms with van der Waals surface area (Å²) in [5.41, 5.74) is 8.29. The first-order valence-electron chi connectivity index (χ1n) is 7.71. The molecule has 1 heterocycles. The van der Waals surface area contributed by atoms with Crippen molar-refractivity contribution in [1.29, 1.82) is 0 Å². The smallest absolute Gasteiger partial charge is 0.397 e. The Morgan fingerprint density at radius 2 is 1.79 bits per heavy atom. The first-order chi connectivity index (χ1) is 11.3. The molecule has 0 amide bonds. The fourth-order valence-electron chi connectivity index (χ4n) is 2.88. The van der Waals surface area contributed by atoms with Crippen molar-refractivity contribution in [1.82, 2.24) is 9.55 Å². The van der Waals surface area contributed by atoms with E-state index in [1.165, 1.54) is 0 Å². The quantitative estimate of drug-likeness (QED) is 0.714. The second-order valence-electron chi connectivity index (χ2n) is 5.87. The maximum absolute atomic E-state index is 13.0. The molecule has 0 aliphatic carbocycles. The number of hydrogen-bond acceptors (Lipinski definition) is 2. The fourth-order valence-corrected chi connectivity index (χ4v) is 2.88. The lowest BCUT2D eigenvalue weighted by molar-refractivity contribution is -0.137. The average Bonchev–Trinajstić information content (AvgIpc) is 2.86. The lowest BCUT2D eigenvalue weighted by atomic mass is 10.1. The Labute approximate surface area is 137 Å². The standard InChI is InChI=1S/C18H18F3N3/c1-3-24-16(8-12-6-4-11(2)5-7-12)23-15-10-13(18(19,20)21)9-14(22)17(15)24/h4-7,9-10H,3,8,22H2,1-2H3. The summed E-state index contributed by atoms with van der Waals surface area (Å²) in [7, 11) is 0. The number of nitrogens with two attached hydrogens (primary N) is 1. The summed E-state index contributed by atoms with van der Waals surface area (Å²) >= 11 is 0. The van der Waals surface area contributed by atoms with Crippen LogP contribution in [0.5, 0.6) is 0 Å². The van der Waals surface area contributed by atoms with Gasteiger partial charge in [-0.2, -0.15) is 13.2 Å². The molecule has 0 unspecified atom stereocenters. The van der Waals surface area contributed by atoms with Gasteiger partial charge in [0.1, 0.15) is 5.82 Å². The van der Waals surface area contributed by atoms with Crippen molar-refractivity contribution in [2.45, 2.75) is 33.0 Å². The van der Waals surface area contributed by atoms with E-state index in [1.807, 2.05) is 42.7 Å². The van der Waals surface area contributed by atoms with Gasteiger partial charge in [-0.3, -0.25) is 0 Å². The van der Waals surface area contributed by atoms with Crippen molar-refractivity contribution >= 4 is 16.7 Å². The highest BCUT2D eigenvalue weighted by Crippen LogP contribution is 2.34. The van der Waals surface area contributed by atoms with Gasteiger partial charge in [-0.25, -0.2) is 4.98 Å². The normalized spacial score (nSPS) is 12.0. The molecule has 1 aromatic heterocycles. The van der Waals surface area contributed by atoms with E-state index >= 15 is 0 Å². The Morgan fingerprint density at radius 3 is 2.38 bits per heavy atom. The minimum atomic E-state index is -4.44. The molecule has 0 spiro atoms. The Bertz CT molecular complexity index is 877. The molecule has 0 atom stereocenters. The molecule has 6 heteroatoms. The number of hydrogen-bond donors (Lipinski definition) is 1. The second-order valence-corrected chi connectivity index (χ2v) is 5.87. The minimum Gasteiger partial charge on any atom is -0.397 e. The van der Waals surface area contributed by atoms with E-state index < -0.39 is 11.7 Å². The third-order valence-corrected chi connectivity index (χ3v) is 4.08. The van der Waals surface area contributed by atoms with E-state index in [0.717, 1.165) is 23.3 Å². The molecule has 3 rings (SSSR count). The number of imidazole rings is 1. The molecule has 0 bridgehead atoms. The topological polar surface area (TPSA) is 43.8 Å². The number of anilines is 1. The summed E-state index contributed by atoms with van der Waals surface area (Å²) in [6, 6.07) is 10.1. The van der Waals surface area contributed by atoms with Crippen LogP contribution in [0.4, 0.5) is 18.9 Å². The average molecular weight is 333 g/mol. The fraction of sp³-hybridized carbons (Fsp3) is 0.278. The van der Waals surface area contributed by atoms with E-state index in [4.69, 9.17) is 5.73 Å². The summed E-state index contributed by atoms with van der Waals surface area (Å²) in [6.07, 6.45) is -3.89. The van der Waals surface area contributed by atoms with Gasteiger partial charge in [0, 0.05) is 13.0 Å². The third kappa shape index (κ3) is 2.96. The summed E-state index contributed by atoms with van der Waals surface area (Å²) in [5, 5.41) is 0. The van der Waals surface area contributed by atoms with E-state index in [1.54, 1.807) is 0 Å². The first-order valence-corrected chi connectivity index (χ1v) is 7.71. The molecular weight excluding hydrogens is 315 g/mol. The van der Waals surface area contributed by atoms with Crippen molar-refractivity contribution in [3.05, 3.63) is 58.9 Å². The van der Waals surface area contributed by atoms with Crippen molar-refractivity contribution < 1.29 is 13.2 Å². The molecule has 24 heavy (non-hydrogen) atoms. The van der Waals surface area contributed by atoms with Crippen LogP contribution in [0.15, 0.2) is 36.4 Å². The van der Waals surface area contributed by atoms with Gasteiger partial charge < -0.3 is 10.3 Å². The van der Waals surface area contributed by atoms with Crippen LogP contribution >= 0.6 is 0 Å². The van der Waals surface area contributed by atoms with Crippen LogP contribution in [0.3, 0.4) is 0 Å². The van der Waals surface area contributed by atoms with Crippen LogP contribution in [0, 0.1) is 6.92 Å². The Kier molecular flexibility index (Phi) is 3.99. The number of aromatic nitrogens is 2. The number of alkyl halides is 3. The number of aryl methyl sites for hydroxylation is 2. The van der Waals surface area contributed by atoms with E-state index in [0.29, 0.717) is 24.3 Å². The summed E-state index contributed by atoms with van der Waals surface area (Å²) in [5.74, 6) is 0.711. The monoisotopic (exact) mass is 333 g/mol.